The number of nitrogens with one attached hydrogen (secondary N) is 1. The molecule has 4 heteroatoms. The van der Waals surface area contributed by atoms with Crippen LogP contribution in [-0.2, 0) is 13.6 Å². The lowest BCUT2D eigenvalue weighted by molar-refractivity contribution is 0.508. The Kier molecular flexibility index (Phi) is 5.39. The Balaban J connectivity index is 2.48. The van der Waals surface area contributed by atoms with Crippen LogP contribution in [0.1, 0.15) is 25.5 Å². The van der Waals surface area contributed by atoms with Crippen molar-refractivity contribution < 1.29 is 0 Å². The van der Waals surface area contributed by atoms with Crippen molar-refractivity contribution in [2.45, 2.75) is 32.4 Å². The van der Waals surface area contributed by atoms with Crippen LogP contribution in [0.2, 0.25) is 10.2 Å². The lowest BCUT2D eigenvalue weighted by Crippen LogP contribution is -2.26. The zero-order valence-corrected chi connectivity index (χ0v) is 11.3. The van der Waals surface area contributed by atoms with E-state index in [0.717, 1.165) is 25.1 Å². The number of halogens is 2. The van der Waals surface area contributed by atoms with Crippen LogP contribution < -0.4 is 5.32 Å². The molecule has 16 heavy (non-hydrogen) atoms. The van der Waals surface area contributed by atoms with Crippen LogP contribution in [-0.4, -0.2) is 10.6 Å². The van der Waals surface area contributed by atoms with Crippen molar-refractivity contribution in [3.8, 4) is 0 Å². The van der Waals surface area contributed by atoms with Crippen molar-refractivity contribution >= 4 is 23.2 Å². The molecule has 2 nitrogen and oxygen atoms in total. The molecule has 0 saturated carbocycles. The van der Waals surface area contributed by atoms with Gasteiger partial charge >= 0.3 is 0 Å². The van der Waals surface area contributed by atoms with E-state index in [1.54, 1.807) is 0 Å². The maximum absolute atomic E-state index is 5.99. The fourth-order valence-electron chi connectivity index (χ4n) is 1.51. The predicted octanol–water partition coefficient (Wildman–Crippen LogP) is 3.78. The first-order valence-corrected chi connectivity index (χ1v) is 6.15. The van der Waals surface area contributed by atoms with Gasteiger partial charge in [-0.1, -0.05) is 29.3 Å². The first kappa shape index (κ1) is 13.6. The molecular formula is C12H18Cl2N2. The molecule has 0 aromatic carbocycles. The second kappa shape index (κ2) is 6.33. The Bertz CT molecular complexity index is 358. The summed E-state index contributed by atoms with van der Waals surface area (Å²) in [5, 5.41) is 4.63. The summed E-state index contributed by atoms with van der Waals surface area (Å²) >= 11 is 11.9. The molecule has 0 fully saturated rings. The van der Waals surface area contributed by atoms with Crippen molar-refractivity contribution in [1.29, 1.82) is 0 Å². The molecule has 0 radical (unpaired) electrons. The summed E-state index contributed by atoms with van der Waals surface area (Å²) in [5.41, 5.74) is 1.10. The Morgan fingerprint density at radius 2 is 2.25 bits per heavy atom. The van der Waals surface area contributed by atoms with Crippen LogP contribution in [0.15, 0.2) is 18.7 Å². The zero-order valence-electron chi connectivity index (χ0n) is 9.76. The third kappa shape index (κ3) is 3.55. The van der Waals surface area contributed by atoms with Gasteiger partial charge in [0.15, 0.2) is 0 Å². The molecule has 1 aromatic rings. The van der Waals surface area contributed by atoms with Gasteiger partial charge in [0.2, 0.25) is 0 Å². The molecule has 0 amide bonds. The number of allylic oxidation sites excluding steroid dienone is 1. The largest absolute Gasteiger partial charge is 0.336 e. The molecule has 0 aliphatic rings. The Morgan fingerprint density at radius 1 is 1.56 bits per heavy atom. The minimum absolute atomic E-state index is 0.463. The fourth-order valence-corrected chi connectivity index (χ4v) is 1.92. The van der Waals surface area contributed by atoms with Gasteiger partial charge in [0.1, 0.15) is 5.15 Å². The highest BCUT2D eigenvalue weighted by atomic mass is 35.5. The molecule has 0 spiro atoms. The van der Waals surface area contributed by atoms with Gasteiger partial charge in [-0.05, 0) is 25.8 Å². The second-order valence-corrected chi connectivity index (χ2v) is 4.75. The van der Waals surface area contributed by atoms with Gasteiger partial charge in [-0.15, -0.1) is 6.58 Å². The predicted molar refractivity (Wildman–Crippen MR) is 71.2 cm³/mol. The highest BCUT2D eigenvalue weighted by Gasteiger charge is 2.09. The van der Waals surface area contributed by atoms with E-state index in [1.165, 1.54) is 0 Å². The number of nitrogens with zero attached hydrogens (tertiary/aromatic N) is 1. The maximum atomic E-state index is 5.99. The molecule has 0 saturated heterocycles. The highest BCUT2D eigenvalue weighted by molar-refractivity contribution is 6.41. The molecule has 1 N–H and O–H groups in total. The Morgan fingerprint density at radius 3 is 2.75 bits per heavy atom. The monoisotopic (exact) mass is 260 g/mol. The van der Waals surface area contributed by atoms with Gasteiger partial charge in [-0.2, -0.15) is 0 Å². The first-order valence-electron chi connectivity index (χ1n) is 5.40. The standard InChI is InChI=1S/C12H18Cl2N2/c1-4-5-6-9(2)15-8-10-7-11(13)12(14)16(10)3/h4,7,9,15H,1,5-6,8H2,2-3H3. The molecule has 1 rings (SSSR count). The summed E-state index contributed by atoms with van der Waals surface area (Å²) < 4.78 is 1.90. The van der Waals surface area contributed by atoms with Crippen LogP contribution in [0.25, 0.3) is 0 Å². The van der Waals surface area contributed by atoms with E-state index in [4.69, 9.17) is 23.2 Å². The van der Waals surface area contributed by atoms with Gasteiger partial charge in [-0.3, -0.25) is 0 Å². The lowest BCUT2D eigenvalue weighted by atomic mass is 10.2. The van der Waals surface area contributed by atoms with E-state index in [1.807, 2.05) is 23.8 Å². The minimum Gasteiger partial charge on any atom is -0.336 e. The Labute approximate surface area is 107 Å². The summed E-state index contributed by atoms with van der Waals surface area (Å²) in [4.78, 5) is 0. The molecule has 1 unspecified atom stereocenters. The van der Waals surface area contributed by atoms with E-state index in [2.05, 4.69) is 18.8 Å². The van der Waals surface area contributed by atoms with Crippen LogP contribution in [0, 0.1) is 0 Å². The molecule has 0 aliphatic heterocycles. The molecule has 0 bridgehead atoms. The number of hydrogen-bond acceptors (Lipinski definition) is 1. The van der Waals surface area contributed by atoms with Crippen LogP contribution >= 0.6 is 23.2 Å². The summed E-state index contributed by atoms with van der Waals surface area (Å²) in [6, 6.07) is 2.36. The number of aromatic nitrogens is 1. The third-order valence-electron chi connectivity index (χ3n) is 2.65. The van der Waals surface area contributed by atoms with Gasteiger partial charge in [0.25, 0.3) is 0 Å². The average Bonchev–Trinajstić information content (AvgIpc) is 2.51. The summed E-state index contributed by atoms with van der Waals surface area (Å²) in [6.45, 7) is 6.65. The van der Waals surface area contributed by atoms with Crippen LogP contribution in [0.3, 0.4) is 0 Å². The summed E-state index contributed by atoms with van der Waals surface area (Å²) in [5.74, 6) is 0. The Hall–Kier alpha value is -0.440. The molecule has 1 atom stereocenters. The van der Waals surface area contributed by atoms with Crippen molar-refractivity contribution in [3.63, 3.8) is 0 Å². The third-order valence-corrected chi connectivity index (χ3v) is 3.49. The first-order chi connectivity index (χ1) is 7.56. The van der Waals surface area contributed by atoms with Gasteiger partial charge in [0, 0.05) is 25.3 Å². The SMILES string of the molecule is C=CCCC(C)NCc1cc(Cl)c(Cl)n1C. The van der Waals surface area contributed by atoms with Crippen molar-refractivity contribution in [1.82, 2.24) is 9.88 Å². The van der Waals surface area contributed by atoms with Crippen LogP contribution in [0.5, 0.6) is 0 Å². The lowest BCUT2D eigenvalue weighted by Gasteiger charge is -2.13. The van der Waals surface area contributed by atoms with Gasteiger partial charge in [-0.25, -0.2) is 0 Å². The normalized spacial score (nSPS) is 12.8. The van der Waals surface area contributed by atoms with Crippen molar-refractivity contribution in [2.24, 2.45) is 7.05 Å². The van der Waals surface area contributed by atoms with Crippen molar-refractivity contribution in [3.05, 3.63) is 34.6 Å². The molecular weight excluding hydrogens is 243 g/mol. The second-order valence-electron chi connectivity index (χ2n) is 3.98. The number of hydrogen-bond donors (Lipinski definition) is 1. The van der Waals surface area contributed by atoms with E-state index in [0.29, 0.717) is 16.2 Å². The van der Waals surface area contributed by atoms with Gasteiger partial charge < -0.3 is 9.88 Å². The number of rotatable bonds is 6. The molecule has 1 heterocycles. The topological polar surface area (TPSA) is 17.0 Å². The minimum atomic E-state index is 0.463. The molecule has 1 aromatic heterocycles. The highest BCUT2D eigenvalue weighted by Crippen LogP contribution is 2.25. The summed E-state index contributed by atoms with van der Waals surface area (Å²) in [6.07, 6.45) is 4.06. The fraction of sp³-hybridized carbons (Fsp3) is 0.500. The smallest absolute Gasteiger partial charge is 0.127 e. The quantitative estimate of drug-likeness (QED) is 0.771. The summed E-state index contributed by atoms with van der Waals surface area (Å²) in [7, 11) is 1.92. The van der Waals surface area contributed by atoms with E-state index in [9.17, 15) is 0 Å². The van der Waals surface area contributed by atoms with Crippen LogP contribution in [0.4, 0.5) is 0 Å². The van der Waals surface area contributed by atoms with Crippen molar-refractivity contribution in [2.75, 3.05) is 0 Å². The molecule has 90 valence electrons. The van der Waals surface area contributed by atoms with Gasteiger partial charge in [0.05, 0.1) is 5.02 Å². The maximum Gasteiger partial charge on any atom is 0.127 e. The van der Waals surface area contributed by atoms with E-state index >= 15 is 0 Å². The molecule has 0 aliphatic carbocycles. The zero-order chi connectivity index (χ0) is 12.1. The van der Waals surface area contributed by atoms with E-state index in [-0.39, 0.29) is 0 Å². The average molecular weight is 261 g/mol. The van der Waals surface area contributed by atoms with E-state index < -0.39 is 0 Å².